The normalized spacial score (nSPS) is 26.1. The predicted octanol–water partition coefficient (Wildman–Crippen LogP) is 3.26. The van der Waals surface area contributed by atoms with Crippen LogP contribution in [0.2, 0.25) is 0 Å². The Kier molecular flexibility index (Phi) is 4.10. The standard InChI is InChI=1S/C13H16ClO3P/c1-13(2)12(14)10-18(15,17-13)16-9-8-11-6-4-3-5-7-11/h3-7,10H,8-9H2,1-2H3. The Bertz CT molecular complexity index is 447. The quantitative estimate of drug-likeness (QED) is 0.798. The fraction of sp³-hybridized carbons (Fsp3) is 0.385. The zero-order valence-electron chi connectivity index (χ0n) is 10.4. The second-order valence-electron chi connectivity index (χ2n) is 4.69. The molecule has 1 atom stereocenters. The summed E-state index contributed by atoms with van der Waals surface area (Å²) in [5, 5.41) is 0.436. The molecular weight excluding hydrogens is 271 g/mol. The minimum Gasteiger partial charge on any atom is -0.627 e. The minimum atomic E-state index is -3.18. The second kappa shape index (κ2) is 5.28. The number of hydrogen-bond acceptors (Lipinski definition) is 3. The molecule has 0 radical (unpaired) electrons. The number of hydrogen-bond donors (Lipinski definition) is 0. The van der Waals surface area contributed by atoms with Crippen molar-refractivity contribution < 1.29 is 13.9 Å². The van der Waals surface area contributed by atoms with E-state index in [1.165, 1.54) is 5.82 Å². The van der Waals surface area contributed by atoms with E-state index in [9.17, 15) is 4.89 Å². The van der Waals surface area contributed by atoms with Gasteiger partial charge in [0, 0.05) is 6.42 Å². The van der Waals surface area contributed by atoms with Gasteiger partial charge < -0.3 is 4.89 Å². The van der Waals surface area contributed by atoms with Crippen LogP contribution in [-0.2, 0) is 15.5 Å². The van der Waals surface area contributed by atoms with E-state index >= 15 is 0 Å². The Labute approximate surface area is 113 Å². The third-order valence-corrected chi connectivity index (χ3v) is 5.25. The second-order valence-corrected chi connectivity index (χ2v) is 6.87. The molecule has 0 aromatic heterocycles. The molecule has 0 N–H and O–H groups in total. The fourth-order valence-electron chi connectivity index (χ4n) is 1.68. The van der Waals surface area contributed by atoms with Crippen molar-refractivity contribution in [3.8, 4) is 0 Å². The van der Waals surface area contributed by atoms with Gasteiger partial charge in [-0.05, 0) is 19.4 Å². The predicted molar refractivity (Wildman–Crippen MR) is 72.1 cm³/mol. The van der Waals surface area contributed by atoms with Gasteiger partial charge in [-0.15, -0.1) is 0 Å². The Hall–Kier alpha value is -0.440. The van der Waals surface area contributed by atoms with Crippen LogP contribution in [0.3, 0.4) is 0 Å². The third kappa shape index (κ3) is 3.31. The van der Waals surface area contributed by atoms with Gasteiger partial charge in [0.05, 0.1) is 11.6 Å². The van der Waals surface area contributed by atoms with Gasteiger partial charge in [0.15, 0.2) is 0 Å². The molecule has 98 valence electrons. The van der Waals surface area contributed by atoms with Gasteiger partial charge >= 0.3 is 0 Å². The van der Waals surface area contributed by atoms with E-state index < -0.39 is 13.5 Å². The van der Waals surface area contributed by atoms with E-state index in [4.69, 9.17) is 20.6 Å². The SMILES string of the molecule is CC1(C)O[P+]([O-])(OCCc2ccccc2)C=C1Cl. The Morgan fingerprint density at radius 2 is 2.00 bits per heavy atom. The van der Waals surface area contributed by atoms with Crippen molar-refractivity contribution in [2.75, 3.05) is 6.61 Å². The largest absolute Gasteiger partial charge is 0.627 e. The van der Waals surface area contributed by atoms with E-state index in [2.05, 4.69) is 0 Å². The van der Waals surface area contributed by atoms with Gasteiger partial charge in [-0.3, -0.25) is 0 Å². The van der Waals surface area contributed by atoms with Crippen molar-refractivity contribution in [1.82, 2.24) is 0 Å². The summed E-state index contributed by atoms with van der Waals surface area (Å²) in [6.07, 6.45) is 0.695. The summed E-state index contributed by atoms with van der Waals surface area (Å²) in [6, 6.07) is 9.88. The van der Waals surface area contributed by atoms with Crippen LogP contribution in [0, 0.1) is 0 Å². The lowest BCUT2D eigenvalue weighted by Gasteiger charge is -2.24. The summed E-state index contributed by atoms with van der Waals surface area (Å²) in [6.45, 7) is 3.89. The summed E-state index contributed by atoms with van der Waals surface area (Å²) in [7, 11) is -3.18. The van der Waals surface area contributed by atoms with Gasteiger partial charge in [-0.2, -0.15) is 4.52 Å². The maximum absolute atomic E-state index is 12.2. The smallest absolute Gasteiger partial charge is 0.266 e. The molecule has 18 heavy (non-hydrogen) atoms. The summed E-state index contributed by atoms with van der Waals surface area (Å²) in [5.74, 6) is 1.40. The van der Waals surface area contributed by atoms with Crippen LogP contribution in [0.25, 0.3) is 0 Å². The van der Waals surface area contributed by atoms with Gasteiger partial charge in [0.1, 0.15) is 11.4 Å². The fourth-order valence-corrected chi connectivity index (χ4v) is 3.98. The highest BCUT2D eigenvalue weighted by atomic mass is 35.5. The molecule has 1 heterocycles. The molecule has 1 aromatic carbocycles. The average Bonchev–Trinajstić information content (AvgIpc) is 2.49. The molecule has 3 nitrogen and oxygen atoms in total. The molecule has 0 bridgehead atoms. The third-order valence-electron chi connectivity index (χ3n) is 2.71. The molecule has 1 aliphatic rings. The summed E-state index contributed by atoms with van der Waals surface area (Å²) >= 11 is 5.97. The maximum Gasteiger partial charge on any atom is 0.266 e. The monoisotopic (exact) mass is 286 g/mol. The van der Waals surface area contributed by atoms with Crippen LogP contribution in [0.5, 0.6) is 0 Å². The molecule has 0 amide bonds. The number of benzene rings is 1. The van der Waals surface area contributed by atoms with Crippen molar-refractivity contribution in [3.63, 3.8) is 0 Å². The van der Waals surface area contributed by atoms with E-state index in [-0.39, 0.29) is 0 Å². The first-order chi connectivity index (χ1) is 8.41. The van der Waals surface area contributed by atoms with E-state index in [1.54, 1.807) is 13.8 Å². The maximum atomic E-state index is 12.2. The lowest BCUT2D eigenvalue weighted by atomic mass is 10.1. The average molecular weight is 287 g/mol. The molecule has 0 aliphatic carbocycles. The minimum absolute atomic E-state index is 0.345. The van der Waals surface area contributed by atoms with Crippen LogP contribution in [0.4, 0.5) is 0 Å². The Morgan fingerprint density at radius 1 is 1.33 bits per heavy atom. The van der Waals surface area contributed by atoms with Crippen LogP contribution < -0.4 is 4.89 Å². The highest BCUT2D eigenvalue weighted by Gasteiger charge is 2.47. The topological polar surface area (TPSA) is 41.5 Å². The van der Waals surface area contributed by atoms with Gasteiger partial charge in [0.2, 0.25) is 0 Å². The molecule has 0 saturated carbocycles. The molecule has 0 spiro atoms. The van der Waals surface area contributed by atoms with Crippen molar-refractivity contribution in [3.05, 3.63) is 46.7 Å². The molecule has 1 unspecified atom stereocenters. The summed E-state index contributed by atoms with van der Waals surface area (Å²) < 4.78 is 10.8. The number of halogens is 1. The molecule has 0 fully saturated rings. The van der Waals surface area contributed by atoms with E-state index in [0.717, 1.165) is 5.56 Å². The van der Waals surface area contributed by atoms with Crippen molar-refractivity contribution >= 4 is 19.5 Å². The van der Waals surface area contributed by atoms with Crippen LogP contribution in [0.15, 0.2) is 41.2 Å². The summed E-state index contributed by atoms with van der Waals surface area (Å²) in [4.78, 5) is 12.2. The molecule has 5 heteroatoms. The first kappa shape index (κ1) is 14.0. The highest BCUT2D eigenvalue weighted by molar-refractivity contribution is 7.63. The van der Waals surface area contributed by atoms with Crippen LogP contribution in [-0.4, -0.2) is 12.2 Å². The molecule has 1 aromatic rings. The summed E-state index contributed by atoms with van der Waals surface area (Å²) in [5.41, 5.74) is 0.418. The van der Waals surface area contributed by atoms with Crippen LogP contribution >= 0.6 is 19.5 Å². The van der Waals surface area contributed by atoms with E-state index in [0.29, 0.717) is 18.1 Å². The number of rotatable bonds is 4. The zero-order valence-corrected chi connectivity index (χ0v) is 12.1. The molecule has 0 saturated heterocycles. The Morgan fingerprint density at radius 3 is 2.56 bits per heavy atom. The lowest BCUT2D eigenvalue weighted by molar-refractivity contribution is -0.218. The van der Waals surface area contributed by atoms with Crippen molar-refractivity contribution in [2.45, 2.75) is 25.9 Å². The van der Waals surface area contributed by atoms with Crippen molar-refractivity contribution in [1.29, 1.82) is 0 Å². The molecule has 1 aliphatic heterocycles. The first-order valence-corrected chi connectivity index (χ1v) is 7.78. The van der Waals surface area contributed by atoms with Crippen molar-refractivity contribution in [2.24, 2.45) is 0 Å². The lowest BCUT2D eigenvalue weighted by Crippen LogP contribution is -2.23. The van der Waals surface area contributed by atoms with Gasteiger partial charge in [-0.25, -0.2) is 4.52 Å². The Balaban J connectivity index is 1.88. The highest BCUT2D eigenvalue weighted by Crippen LogP contribution is 2.64. The van der Waals surface area contributed by atoms with Crippen LogP contribution in [0.1, 0.15) is 19.4 Å². The van der Waals surface area contributed by atoms with Gasteiger partial charge in [0.25, 0.3) is 7.94 Å². The zero-order chi connectivity index (χ0) is 13.2. The molecule has 2 rings (SSSR count). The van der Waals surface area contributed by atoms with E-state index in [1.807, 2.05) is 30.3 Å². The van der Waals surface area contributed by atoms with Gasteiger partial charge in [-0.1, -0.05) is 41.9 Å². The molecular formula is C13H16ClO3P. The first-order valence-electron chi connectivity index (χ1n) is 5.79.